The van der Waals surface area contributed by atoms with Crippen molar-refractivity contribution in [3.63, 3.8) is 0 Å². The summed E-state index contributed by atoms with van der Waals surface area (Å²) in [4.78, 5) is 13.6. The Kier molecular flexibility index (Phi) is 10.5. The summed E-state index contributed by atoms with van der Waals surface area (Å²) in [5.74, 6) is 0.236. The molecule has 0 aliphatic carbocycles. The molecule has 0 saturated heterocycles. The minimum Gasteiger partial charge on any atom is -0.382 e. The topological polar surface area (TPSA) is 38.8 Å². The van der Waals surface area contributed by atoms with E-state index in [4.69, 9.17) is 9.47 Å². The summed E-state index contributed by atoms with van der Waals surface area (Å²) in [5.41, 5.74) is 0. The van der Waals surface area contributed by atoms with Crippen molar-refractivity contribution in [1.82, 2.24) is 4.90 Å². The van der Waals surface area contributed by atoms with Crippen LogP contribution in [0.2, 0.25) is 0 Å². The number of carbonyl (C=O) groups excluding carboxylic acids is 1. The maximum absolute atomic E-state index is 11.7. The highest BCUT2D eigenvalue weighted by atomic mass is 16.5. The van der Waals surface area contributed by atoms with Crippen LogP contribution in [0, 0.1) is 0 Å². The van der Waals surface area contributed by atoms with E-state index in [1.165, 1.54) is 0 Å². The van der Waals surface area contributed by atoms with Crippen molar-refractivity contribution >= 4 is 5.91 Å². The van der Waals surface area contributed by atoms with Crippen LogP contribution in [-0.2, 0) is 14.3 Å². The highest BCUT2D eigenvalue weighted by molar-refractivity contribution is 5.76. The van der Waals surface area contributed by atoms with Gasteiger partial charge in [-0.15, -0.1) is 0 Å². The minimum atomic E-state index is 0.236. The van der Waals surface area contributed by atoms with Crippen LogP contribution < -0.4 is 0 Å². The predicted molar refractivity (Wildman–Crippen MR) is 64.5 cm³/mol. The maximum atomic E-state index is 11.7. The zero-order chi connectivity index (χ0) is 12.2. The third-order valence-electron chi connectivity index (χ3n) is 2.25. The van der Waals surface area contributed by atoms with Crippen molar-refractivity contribution in [1.29, 1.82) is 0 Å². The molecule has 4 heteroatoms. The molecule has 0 N–H and O–H groups in total. The van der Waals surface area contributed by atoms with E-state index in [0.29, 0.717) is 32.8 Å². The summed E-state index contributed by atoms with van der Waals surface area (Å²) >= 11 is 0. The number of ether oxygens (including phenoxy) is 2. The molecule has 0 rings (SSSR count). The van der Waals surface area contributed by atoms with Crippen molar-refractivity contribution in [3.05, 3.63) is 0 Å². The van der Waals surface area contributed by atoms with Gasteiger partial charge in [-0.2, -0.15) is 0 Å². The molecule has 0 aliphatic heterocycles. The van der Waals surface area contributed by atoms with E-state index in [2.05, 4.69) is 6.92 Å². The average Bonchev–Trinajstić information content (AvgIpc) is 2.27. The first kappa shape index (κ1) is 15.4. The molecule has 0 radical (unpaired) electrons. The summed E-state index contributed by atoms with van der Waals surface area (Å²) in [6, 6.07) is 0. The first-order valence-electron chi connectivity index (χ1n) is 6.10. The Morgan fingerprint density at radius 2 is 1.81 bits per heavy atom. The van der Waals surface area contributed by atoms with Crippen molar-refractivity contribution in [3.8, 4) is 0 Å². The molecule has 0 fully saturated rings. The lowest BCUT2D eigenvalue weighted by molar-refractivity contribution is -0.132. The predicted octanol–water partition coefficient (Wildman–Crippen LogP) is 1.69. The first-order valence-corrected chi connectivity index (χ1v) is 6.10. The molecule has 0 aromatic rings. The summed E-state index contributed by atoms with van der Waals surface area (Å²) in [5, 5.41) is 0. The van der Waals surface area contributed by atoms with Crippen LogP contribution in [0.25, 0.3) is 0 Å². The van der Waals surface area contributed by atoms with Gasteiger partial charge in [-0.25, -0.2) is 0 Å². The fourth-order valence-corrected chi connectivity index (χ4v) is 1.42. The Morgan fingerprint density at radius 3 is 2.38 bits per heavy atom. The number of amides is 1. The van der Waals surface area contributed by atoms with Crippen molar-refractivity contribution in [2.45, 2.75) is 33.1 Å². The highest BCUT2D eigenvalue weighted by Gasteiger charge is 2.10. The minimum absolute atomic E-state index is 0.236. The van der Waals surface area contributed by atoms with Gasteiger partial charge in [0.2, 0.25) is 5.91 Å². The van der Waals surface area contributed by atoms with Crippen LogP contribution in [-0.4, -0.2) is 50.8 Å². The second-order valence-corrected chi connectivity index (χ2v) is 3.74. The molecule has 96 valence electrons. The van der Waals surface area contributed by atoms with Crippen LogP contribution in [0.4, 0.5) is 0 Å². The molecular formula is C12H25NO3. The third-order valence-corrected chi connectivity index (χ3v) is 2.25. The van der Waals surface area contributed by atoms with Crippen LogP contribution in [0.5, 0.6) is 0 Å². The van der Waals surface area contributed by atoms with Crippen LogP contribution >= 0.6 is 0 Å². The van der Waals surface area contributed by atoms with Gasteiger partial charge < -0.3 is 14.4 Å². The quantitative estimate of drug-likeness (QED) is 0.537. The number of carbonyl (C=O) groups is 1. The lowest BCUT2D eigenvalue weighted by atomic mass is 10.3. The molecule has 0 spiro atoms. The van der Waals surface area contributed by atoms with E-state index < -0.39 is 0 Å². The SMILES string of the molecule is CCCC(=O)N(CCC)CCOCCOC. The first-order chi connectivity index (χ1) is 7.76. The van der Waals surface area contributed by atoms with Crippen LogP contribution in [0.15, 0.2) is 0 Å². The van der Waals surface area contributed by atoms with Crippen molar-refractivity contribution < 1.29 is 14.3 Å². The smallest absolute Gasteiger partial charge is 0.222 e. The monoisotopic (exact) mass is 231 g/mol. The second-order valence-electron chi connectivity index (χ2n) is 3.74. The van der Waals surface area contributed by atoms with E-state index in [-0.39, 0.29) is 5.91 Å². The van der Waals surface area contributed by atoms with Crippen LogP contribution in [0.3, 0.4) is 0 Å². The largest absolute Gasteiger partial charge is 0.382 e. The Bertz CT molecular complexity index is 174. The van der Waals surface area contributed by atoms with E-state index in [1.54, 1.807) is 7.11 Å². The zero-order valence-corrected chi connectivity index (χ0v) is 10.8. The lowest BCUT2D eigenvalue weighted by Crippen LogP contribution is -2.34. The van der Waals surface area contributed by atoms with Gasteiger partial charge in [-0.1, -0.05) is 13.8 Å². The Morgan fingerprint density at radius 1 is 1.06 bits per heavy atom. The van der Waals surface area contributed by atoms with Crippen LogP contribution in [0.1, 0.15) is 33.1 Å². The van der Waals surface area contributed by atoms with Gasteiger partial charge in [0, 0.05) is 26.6 Å². The van der Waals surface area contributed by atoms with Gasteiger partial charge in [-0.3, -0.25) is 4.79 Å². The Balaban J connectivity index is 3.71. The molecule has 0 aromatic carbocycles. The van der Waals surface area contributed by atoms with E-state index in [1.807, 2.05) is 11.8 Å². The Labute approximate surface area is 98.9 Å². The maximum Gasteiger partial charge on any atom is 0.222 e. The van der Waals surface area contributed by atoms with Gasteiger partial charge in [0.1, 0.15) is 0 Å². The number of hydrogen-bond acceptors (Lipinski definition) is 3. The average molecular weight is 231 g/mol. The van der Waals surface area contributed by atoms with E-state index >= 15 is 0 Å². The van der Waals surface area contributed by atoms with Crippen molar-refractivity contribution in [2.75, 3.05) is 40.0 Å². The normalized spacial score (nSPS) is 10.4. The number of methoxy groups -OCH3 is 1. The molecule has 0 bridgehead atoms. The van der Waals surface area contributed by atoms with Gasteiger partial charge in [-0.05, 0) is 12.8 Å². The van der Waals surface area contributed by atoms with Gasteiger partial charge >= 0.3 is 0 Å². The fraction of sp³-hybridized carbons (Fsp3) is 0.917. The molecule has 0 atom stereocenters. The number of rotatable bonds is 10. The lowest BCUT2D eigenvalue weighted by Gasteiger charge is -2.21. The zero-order valence-electron chi connectivity index (χ0n) is 10.8. The van der Waals surface area contributed by atoms with E-state index in [9.17, 15) is 4.79 Å². The number of nitrogens with zero attached hydrogens (tertiary/aromatic N) is 1. The molecule has 0 saturated carbocycles. The molecular weight excluding hydrogens is 206 g/mol. The standard InChI is InChI=1S/C12H25NO3/c1-4-6-12(14)13(7-5-2)8-9-16-11-10-15-3/h4-11H2,1-3H3. The molecule has 0 heterocycles. The summed E-state index contributed by atoms with van der Waals surface area (Å²) in [6.45, 7) is 7.42. The third kappa shape index (κ3) is 7.65. The number of hydrogen-bond donors (Lipinski definition) is 0. The highest BCUT2D eigenvalue weighted by Crippen LogP contribution is 1.99. The second kappa shape index (κ2) is 10.9. The van der Waals surface area contributed by atoms with Gasteiger partial charge in [0.25, 0.3) is 0 Å². The molecule has 4 nitrogen and oxygen atoms in total. The fourth-order valence-electron chi connectivity index (χ4n) is 1.42. The molecule has 0 aromatic heterocycles. The summed E-state index contributed by atoms with van der Waals surface area (Å²) < 4.78 is 10.2. The Hall–Kier alpha value is -0.610. The molecule has 0 unspecified atom stereocenters. The van der Waals surface area contributed by atoms with Gasteiger partial charge in [0.15, 0.2) is 0 Å². The molecule has 16 heavy (non-hydrogen) atoms. The summed E-state index contributed by atoms with van der Waals surface area (Å²) in [6.07, 6.45) is 2.54. The molecule has 1 amide bonds. The van der Waals surface area contributed by atoms with Gasteiger partial charge in [0.05, 0.1) is 19.8 Å². The summed E-state index contributed by atoms with van der Waals surface area (Å²) in [7, 11) is 1.65. The van der Waals surface area contributed by atoms with Crippen molar-refractivity contribution in [2.24, 2.45) is 0 Å². The van der Waals surface area contributed by atoms with E-state index in [0.717, 1.165) is 19.4 Å². The molecule has 0 aliphatic rings.